The Labute approximate surface area is 117 Å². The zero-order chi connectivity index (χ0) is 13.8. The van der Waals surface area contributed by atoms with Crippen LogP contribution in [0.1, 0.15) is 5.56 Å². The van der Waals surface area contributed by atoms with Crippen LogP contribution in [-0.4, -0.2) is 4.92 Å². The second-order valence-electron chi connectivity index (χ2n) is 3.58. The zero-order valence-corrected chi connectivity index (χ0v) is 11.1. The molecule has 94 valence electrons. The molecule has 2 aromatic carbocycles. The second kappa shape index (κ2) is 5.50. The number of nitrogens with zero attached hydrogens (tertiary/aromatic N) is 2. The van der Waals surface area contributed by atoms with Crippen molar-refractivity contribution in [1.82, 2.24) is 0 Å². The van der Waals surface area contributed by atoms with Crippen LogP contribution in [0.25, 0.3) is 0 Å². The molecular weight excluding hydrogens is 312 g/mol. The summed E-state index contributed by atoms with van der Waals surface area (Å²) in [5, 5.41) is 19.6. The molecule has 0 unspecified atom stereocenters. The topological polar surface area (TPSA) is 76.2 Å². The highest BCUT2D eigenvalue weighted by molar-refractivity contribution is 9.10. The SMILES string of the molecule is N#Cc1c(Br)cccc1Oc1ccc([N+](=O)[O-])cc1. The second-order valence-corrected chi connectivity index (χ2v) is 4.43. The quantitative estimate of drug-likeness (QED) is 0.632. The van der Waals surface area contributed by atoms with E-state index in [1.165, 1.54) is 24.3 Å². The summed E-state index contributed by atoms with van der Waals surface area (Å²) in [6.07, 6.45) is 0. The van der Waals surface area contributed by atoms with Crippen molar-refractivity contribution in [1.29, 1.82) is 5.26 Å². The van der Waals surface area contributed by atoms with E-state index in [-0.39, 0.29) is 5.69 Å². The van der Waals surface area contributed by atoms with Crippen LogP contribution in [0.3, 0.4) is 0 Å². The van der Waals surface area contributed by atoms with Crippen molar-refractivity contribution in [2.45, 2.75) is 0 Å². The molecule has 0 amide bonds. The summed E-state index contributed by atoms with van der Waals surface area (Å²) in [6.45, 7) is 0. The van der Waals surface area contributed by atoms with Crippen molar-refractivity contribution in [3.05, 3.63) is 62.6 Å². The Bertz CT molecular complexity index is 663. The summed E-state index contributed by atoms with van der Waals surface area (Å²) in [5.41, 5.74) is 0.364. The van der Waals surface area contributed by atoms with Crippen LogP contribution in [0.2, 0.25) is 0 Å². The Morgan fingerprint density at radius 1 is 1.21 bits per heavy atom. The molecule has 19 heavy (non-hydrogen) atoms. The number of hydrogen-bond acceptors (Lipinski definition) is 4. The molecule has 0 aliphatic heterocycles. The molecule has 0 aliphatic carbocycles. The number of non-ortho nitro benzene ring substituents is 1. The molecule has 0 bridgehead atoms. The highest BCUT2D eigenvalue weighted by Gasteiger charge is 2.09. The van der Waals surface area contributed by atoms with Gasteiger partial charge in [0.15, 0.2) is 0 Å². The minimum atomic E-state index is -0.483. The predicted molar refractivity (Wildman–Crippen MR) is 72.0 cm³/mol. The van der Waals surface area contributed by atoms with E-state index >= 15 is 0 Å². The average molecular weight is 319 g/mol. The first kappa shape index (κ1) is 13.1. The number of ether oxygens (including phenoxy) is 1. The first-order chi connectivity index (χ1) is 9.11. The highest BCUT2D eigenvalue weighted by atomic mass is 79.9. The summed E-state index contributed by atoms with van der Waals surface area (Å²) in [7, 11) is 0. The van der Waals surface area contributed by atoms with Gasteiger partial charge >= 0.3 is 0 Å². The van der Waals surface area contributed by atoms with Gasteiger partial charge < -0.3 is 4.74 Å². The maximum absolute atomic E-state index is 10.5. The third-order valence-electron chi connectivity index (χ3n) is 2.36. The molecule has 6 heteroatoms. The Morgan fingerprint density at radius 2 is 1.89 bits per heavy atom. The normalized spacial score (nSPS) is 9.68. The maximum atomic E-state index is 10.5. The van der Waals surface area contributed by atoms with Gasteiger partial charge in [-0.3, -0.25) is 10.1 Å². The molecule has 0 aromatic heterocycles. The van der Waals surface area contributed by atoms with Crippen LogP contribution in [-0.2, 0) is 0 Å². The van der Waals surface area contributed by atoms with Crippen LogP contribution in [0.15, 0.2) is 46.9 Å². The van der Waals surface area contributed by atoms with E-state index < -0.39 is 4.92 Å². The van der Waals surface area contributed by atoms with Gasteiger partial charge in [0, 0.05) is 16.6 Å². The Hall–Kier alpha value is -2.39. The number of nitriles is 1. The van der Waals surface area contributed by atoms with E-state index in [2.05, 4.69) is 15.9 Å². The molecule has 0 spiro atoms. The Balaban J connectivity index is 2.29. The van der Waals surface area contributed by atoms with Crippen LogP contribution in [0, 0.1) is 21.4 Å². The lowest BCUT2D eigenvalue weighted by molar-refractivity contribution is -0.384. The minimum absolute atomic E-state index is 0.0119. The smallest absolute Gasteiger partial charge is 0.269 e. The van der Waals surface area contributed by atoms with E-state index in [4.69, 9.17) is 10.00 Å². The fourth-order valence-corrected chi connectivity index (χ4v) is 1.90. The molecule has 0 fully saturated rings. The van der Waals surface area contributed by atoms with Gasteiger partial charge in [-0.25, -0.2) is 0 Å². The lowest BCUT2D eigenvalue weighted by Gasteiger charge is -2.07. The van der Waals surface area contributed by atoms with Crippen molar-refractivity contribution >= 4 is 21.6 Å². The van der Waals surface area contributed by atoms with Gasteiger partial charge in [0.05, 0.1) is 4.92 Å². The first-order valence-electron chi connectivity index (χ1n) is 5.22. The third-order valence-corrected chi connectivity index (χ3v) is 3.02. The highest BCUT2D eigenvalue weighted by Crippen LogP contribution is 2.30. The molecule has 0 saturated carbocycles. The van der Waals surface area contributed by atoms with Crippen LogP contribution < -0.4 is 4.74 Å². The van der Waals surface area contributed by atoms with Gasteiger partial charge in [-0.15, -0.1) is 0 Å². The van der Waals surface area contributed by atoms with Crippen molar-refractivity contribution in [3.8, 4) is 17.6 Å². The summed E-state index contributed by atoms with van der Waals surface area (Å²) in [4.78, 5) is 10.0. The molecule has 2 aromatic rings. The van der Waals surface area contributed by atoms with Crippen LogP contribution in [0.4, 0.5) is 5.69 Å². The van der Waals surface area contributed by atoms with E-state index in [1.54, 1.807) is 18.2 Å². The molecule has 5 nitrogen and oxygen atoms in total. The summed E-state index contributed by atoms with van der Waals surface area (Å²) in [5.74, 6) is 0.825. The van der Waals surface area contributed by atoms with E-state index in [0.717, 1.165) is 0 Å². The number of nitro benzene ring substituents is 1. The van der Waals surface area contributed by atoms with Gasteiger partial charge in [0.1, 0.15) is 23.1 Å². The summed E-state index contributed by atoms with van der Waals surface area (Å²) >= 11 is 3.26. The third kappa shape index (κ3) is 2.89. The van der Waals surface area contributed by atoms with E-state index in [0.29, 0.717) is 21.5 Å². The van der Waals surface area contributed by atoms with E-state index in [1.807, 2.05) is 6.07 Å². The van der Waals surface area contributed by atoms with Crippen LogP contribution >= 0.6 is 15.9 Å². The molecule has 0 saturated heterocycles. The molecule has 0 atom stereocenters. The minimum Gasteiger partial charge on any atom is -0.456 e. The fourth-order valence-electron chi connectivity index (χ4n) is 1.46. The number of hydrogen-bond donors (Lipinski definition) is 0. The molecule has 0 N–H and O–H groups in total. The van der Waals surface area contributed by atoms with Crippen molar-refractivity contribution in [3.63, 3.8) is 0 Å². The van der Waals surface area contributed by atoms with Crippen molar-refractivity contribution in [2.24, 2.45) is 0 Å². The Morgan fingerprint density at radius 3 is 2.47 bits per heavy atom. The molecule has 0 aliphatic rings. The molecule has 2 rings (SSSR count). The zero-order valence-electron chi connectivity index (χ0n) is 9.54. The van der Waals surface area contributed by atoms with Gasteiger partial charge in [-0.1, -0.05) is 6.07 Å². The number of benzene rings is 2. The van der Waals surface area contributed by atoms with Gasteiger partial charge in [0.2, 0.25) is 0 Å². The lowest BCUT2D eigenvalue weighted by Crippen LogP contribution is -1.90. The molecular formula is C13H7BrN2O3. The van der Waals surface area contributed by atoms with Gasteiger partial charge in [-0.05, 0) is 40.2 Å². The monoisotopic (exact) mass is 318 g/mol. The van der Waals surface area contributed by atoms with Crippen molar-refractivity contribution < 1.29 is 9.66 Å². The van der Waals surface area contributed by atoms with E-state index in [9.17, 15) is 10.1 Å². The van der Waals surface area contributed by atoms with Crippen molar-refractivity contribution in [2.75, 3.05) is 0 Å². The lowest BCUT2D eigenvalue weighted by atomic mass is 10.2. The predicted octanol–water partition coefficient (Wildman–Crippen LogP) is 4.02. The summed E-state index contributed by atoms with van der Waals surface area (Å²) < 4.78 is 6.17. The number of nitro groups is 1. The first-order valence-corrected chi connectivity index (χ1v) is 6.02. The number of rotatable bonds is 3. The van der Waals surface area contributed by atoms with Gasteiger partial charge in [-0.2, -0.15) is 5.26 Å². The summed E-state index contributed by atoms with van der Waals surface area (Å²) in [6, 6.07) is 12.8. The van der Waals surface area contributed by atoms with Crippen LogP contribution in [0.5, 0.6) is 11.5 Å². The largest absolute Gasteiger partial charge is 0.456 e. The standard InChI is InChI=1S/C13H7BrN2O3/c14-12-2-1-3-13(11(12)8-15)19-10-6-4-9(5-7-10)16(17)18/h1-7H. The fraction of sp³-hybridized carbons (Fsp3) is 0. The number of halogens is 1. The van der Waals surface area contributed by atoms with Gasteiger partial charge in [0.25, 0.3) is 5.69 Å². The maximum Gasteiger partial charge on any atom is 0.269 e. The molecule has 0 heterocycles. The molecule has 0 radical (unpaired) electrons. The average Bonchev–Trinajstić information content (AvgIpc) is 2.39. The Kier molecular flexibility index (Phi) is 3.78.